The highest BCUT2D eigenvalue weighted by Crippen LogP contribution is 2.42. The molecule has 0 aliphatic carbocycles. The second kappa shape index (κ2) is 9.60. The summed E-state index contributed by atoms with van der Waals surface area (Å²) in [6, 6.07) is 27.5. The normalized spacial score (nSPS) is 10.7. The van der Waals surface area contributed by atoms with Crippen LogP contribution in [0.3, 0.4) is 0 Å². The van der Waals surface area contributed by atoms with E-state index in [1.54, 1.807) is 91.0 Å². The number of aromatic hydroxyl groups is 1. The van der Waals surface area contributed by atoms with E-state index in [2.05, 4.69) is 0 Å². The van der Waals surface area contributed by atoms with Crippen molar-refractivity contribution in [1.82, 2.24) is 0 Å². The molecule has 4 aromatic carbocycles. The molecule has 7 heteroatoms. The van der Waals surface area contributed by atoms with E-state index in [0.29, 0.717) is 11.1 Å². The van der Waals surface area contributed by atoms with Crippen molar-refractivity contribution >= 4 is 28.7 Å². The highest BCUT2D eigenvalue weighted by atomic mass is 16.5. The molecule has 0 fully saturated rings. The maximum Gasteiger partial charge on any atom is 0.343 e. The molecule has 0 aliphatic heterocycles. The summed E-state index contributed by atoms with van der Waals surface area (Å²) in [5.74, 6) is -2.88. The Kier molecular flexibility index (Phi) is 6.03. The highest BCUT2D eigenvalue weighted by Gasteiger charge is 2.26. The number of rotatable bonds is 6. The van der Waals surface area contributed by atoms with Crippen molar-refractivity contribution in [3.63, 3.8) is 0 Å². The summed E-state index contributed by atoms with van der Waals surface area (Å²) < 4.78 is 16.7. The maximum atomic E-state index is 13.0. The van der Waals surface area contributed by atoms with Crippen molar-refractivity contribution in [3.05, 3.63) is 126 Å². The van der Waals surface area contributed by atoms with Crippen LogP contribution in [0.2, 0.25) is 0 Å². The molecule has 0 saturated heterocycles. The Morgan fingerprint density at radius 3 is 1.69 bits per heavy atom. The minimum atomic E-state index is -0.708. The molecule has 0 saturated carbocycles. The van der Waals surface area contributed by atoms with Gasteiger partial charge in [0.1, 0.15) is 22.5 Å². The van der Waals surface area contributed by atoms with Crippen LogP contribution < -0.4 is 9.47 Å². The minimum absolute atomic E-state index is 0.000301. The van der Waals surface area contributed by atoms with E-state index in [4.69, 9.17) is 13.9 Å². The largest absolute Gasteiger partial charge is 0.504 e. The van der Waals surface area contributed by atoms with Gasteiger partial charge in [0.05, 0.1) is 11.1 Å². The lowest BCUT2D eigenvalue weighted by atomic mass is 10.1. The van der Waals surface area contributed by atoms with E-state index in [1.807, 2.05) is 0 Å². The molecule has 176 valence electrons. The predicted octanol–water partition coefficient (Wildman–Crippen LogP) is 5.81. The van der Waals surface area contributed by atoms with Crippen molar-refractivity contribution in [1.29, 1.82) is 0 Å². The average molecular weight is 478 g/mol. The third kappa shape index (κ3) is 4.45. The Morgan fingerprint density at radius 1 is 0.639 bits per heavy atom. The van der Waals surface area contributed by atoms with Gasteiger partial charge in [0.2, 0.25) is 11.5 Å². The van der Waals surface area contributed by atoms with E-state index < -0.39 is 23.5 Å². The number of ketones is 1. The molecule has 1 aromatic heterocycles. The van der Waals surface area contributed by atoms with Gasteiger partial charge in [0, 0.05) is 17.7 Å². The van der Waals surface area contributed by atoms with Crippen LogP contribution in [0.25, 0.3) is 11.0 Å². The summed E-state index contributed by atoms with van der Waals surface area (Å²) in [4.78, 5) is 38.4. The molecule has 36 heavy (non-hydrogen) atoms. The third-order valence-corrected chi connectivity index (χ3v) is 5.38. The first-order chi connectivity index (χ1) is 17.5. The molecule has 0 atom stereocenters. The van der Waals surface area contributed by atoms with Gasteiger partial charge in [-0.3, -0.25) is 4.79 Å². The van der Waals surface area contributed by atoms with Crippen LogP contribution in [-0.4, -0.2) is 22.8 Å². The van der Waals surface area contributed by atoms with Gasteiger partial charge >= 0.3 is 11.9 Å². The Morgan fingerprint density at radius 2 is 1.14 bits per heavy atom. The lowest BCUT2D eigenvalue weighted by molar-refractivity contribution is 0.0733. The Labute approximate surface area is 205 Å². The lowest BCUT2D eigenvalue weighted by Crippen LogP contribution is -2.10. The predicted molar refractivity (Wildman–Crippen MR) is 131 cm³/mol. The first-order valence-electron chi connectivity index (χ1n) is 10.9. The van der Waals surface area contributed by atoms with Crippen molar-refractivity contribution in [2.75, 3.05) is 0 Å². The quantitative estimate of drug-likeness (QED) is 0.187. The molecule has 1 N–H and O–H groups in total. The van der Waals surface area contributed by atoms with Gasteiger partial charge in [0.25, 0.3) is 0 Å². The number of fused-ring (bicyclic) bond motifs is 1. The van der Waals surface area contributed by atoms with Crippen LogP contribution in [0.5, 0.6) is 17.2 Å². The average Bonchev–Trinajstić information content (AvgIpc) is 3.26. The summed E-state index contributed by atoms with van der Waals surface area (Å²) in [6.07, 6.45) is 0. The Hall–Kier alpha value is -5.17. The number of furan rings is 1. The SMILES string of the molecule is O=C(Oc1cc(OC(=O)c2ccccc2)c2c(O)c(C(=O)c3ccccc3)oc2c1)c1ccccc1. The molecule has 0 aliphatic rings. The summed E-state index contributed by atoms with van der Waals surface area (Å²) in [6.45, 7) is 0. The number of esters is 2. The molecule has 7 nitrogen and oxygen atoms in total. The number of benzene rings is 4. The van der Waals surface area contributed by atoms with E-state index in [9.17, 15) is 19.5 Å². The summed E-state index contributed by atoms with van der Waals surface area (Å²) in [5, 5.41) is 10.9. The number of carbonyl (C=O) groups is 3. The topological polar surface area (TPSA) is 103 Å². The summed E-state index contributed by atoms with van der Waals surface area (Å²) in [7, 11) is 0. The van der Waals surface area contributed by atoms with Crippen molar-refractivity contribution in [2.45, 2.75) is 0 Å². The molecular formula is C29H18O7. The fourth-order valence-corrected chi connectivity index (χ4v) is 3.64. The van der Waals surface area contributed by atoms with Gasteiger partial charge < -0.3 is 19.0 Å². The van der Waals surface area contributed by atoms with Gasteiger partial charge in [-0.25, -0.2) is 9.59 Å². The lowest BCUT2D eigenvalue weighted by Gasteiger charge is -2.09. The van der Waals surface area contributed by atoms with Gasteiger partial charge in [-0.15, -0.1) is 0 Å². The first-order valence-corrected chi connectivity index (χ1v) is 10.9. The molecule has 0 unspecified atom stereocenters. The first kappa shape index (κ1) is 22.6. The van der Waals surface area contributed by atoms with Crippen LogP contribution in [0.1, 0.15) is 36.8 Å². The van der Waals surface area contributed by atoms with Crippen LogP contribution in [0.4, 0.5) is 0 Å². The van der Waals surface area contributed by atoms with Gasteiger partial charge in [-0.1, -0.05) is 66.7 Å². The smallest absolute Gasteiger partial charge is 0.343 e. The maximum absolute atomic E-state index is 13.0. The molecule has 0 bridgehead atoms. The number of ether oxygens (including phenoxy) is 2. The second-order valence-corrected chi connectivity index (χ2v) is 7.78. The van der Waals surface area contributed by atoms with Gasteiger partial charge in [0.15, 0.2) is 5.75 Å². The Bertz CT molecular complexity index is 1570. The van der Waals surface area contributed by atoms with E-state index in [0.717, 1.165) is 0 Å². The van der Waals surface area contributed by atoms with E-state index in [-0.39, 0.29) is 33.8 Å². The third-order valence-electron chi connectivity index (χ3n) is 5.38. The van der Waals surface area contributed by atoms with Crippen LogP contribution in [0.15, 0.2) is 108 Å². The van der Waals surface area contributed by atoms with Crippen molar-refractivity contribution in [2.24, 2.45) is 0 Å². The van der Waals surface area contributed by atoms with Crippen molar-refractivity contribution < 1.29 is 33.4 Å². The van der Waals surface area contributed by atoms with Crippen LogP contribution >= 0.6 is 0 Å². The number of hydrogen-bond acceptors (Lipinski definition) is 7. The molecule has 0 amide bonds. The van der Waals surface area contributed by atoms with Crippen LogP contribution in [-0.2, 0) is 0 Å². The fraction of sp³-hybridized carbons (Fsp3) is 0. The minimum Gasteiger partial charge on any atom is -0.504 e. The van der Waals surface area contributed by atoms with E-state index >= 15 is 0 Å². The molecule has 0 spiro atoms. The number of hydrogen-bond donors (Lipinski definition) is 1. The summed E-state index contributed by atoms with van der Waals surface area (Å²) >= 11 is 0. The standard InChI is InChI=1S/C29H18O7/c30-25(18-10-4-1-5-11-18)27-26(31)24-22(35-27)16-21(34-28(32)19-12-6-2-7-13-19)17-23(24)36-29(33)20-14-8-3-9-15-20/h1-17,31H. The molecule has 5 rings (SSSR count). The van der Waals surface area contributed by atoms with Gasteiger partial charge in [-0.2, -0.15) is 0 Å². The highest BCUT2D eigenvalue weighted by molar-refractivity contribution is 6.13. The molecule has 1 heterocycles. The van der Waals surface area contributed by atoms with Gasteiger partial charge in [-0.05, 0) is 24.3 Å². The zero-order valence-electron chi connectivity index (χ0n) is 18.7. The molecule has 5 aromatic rings. The number of carbonyl (C=O) groups excluding carboxylic acids is 3. The molecule has 0 radical (unpaired) electrons. The monoisotopic (exact) mass is 478 g/mol. The molecular weight excluding hydrogens is 460 g/mol. The van der Waals surface area contributed by atoms with Crippen molar-refractivity contribution in [3.8, 4) is 17.2 Å². The summed E-state index contributed by atoms with van der Waals surface area (Å²) in [5.41, 5.74) is 0.870. The van der Waals surface area contributed by atoms with E-state index in [1.165, 1.54) is 12.1 Å². The second-order valence-electron chi connectivity index (χ2n) is 7.78. The zero-order valence-corrected chi connectivity index (χ0v) is 18.7. The Balaban J connectivity index is 1.59. The fourth-order valence-electron chi connectivity index (χ4n) is 3.64. The van der Waals surface area contributed by atoms with Crippen LogP contribution in [0, 0.1) is 0 Å². The zero-order chi connectivity index (χ0) is 25.1.